The van der Waals surface area contributed by atoms with E-state index in [1.54, 1.807) is 13.8 Å². The van der Waals surface area contributed by atoms with Gasteiger partial charge in [-0.2, -0.15) is 0 Å². The lowest BCUT2D eigenvalue weighted by Gasteiger charge is -2.18. The summed E-state index contributed by atoms with van der Waals surface area (Å²) in [6.07, 6.45) is 0. The number of aliphatic carboxylic acids is 1. The zero-order valence-corrected chi connectivity index (χ0v) is 13.9. The molecule has 1 aromatic carbocycles. The Kier molecular flexibility index (Phi) is 5.88. The maximum Gasteiger partial charge on any atom is 0.326 e. The molecule has 19 heavy (non-hydrogen) atoms. The van der Waals surface area contributed by atoms with Gasteiger partial charge >= 0.3 is 5.97 Å². The van der Waals surface area contributed by atoms with Crippen molar-refractivity contribution in [1.82, 2.24) is 5.32 Å². The number of carbonyl (C=O) groups is 2. The van der Waals surface area contributed by atoms with Crippen LogP contribution in [-0.4, -0.2) is 23.0 Å². The minimum Gasteiger partial charge on any atom is -0.480 e. The second-order valence-electron chi connectivity index (χ2n) is 4.28. The summed E-state index contributed by atoms with van der Waals surface area (Å²) in [5.41, 5.74) is 0.269. The first-order valence-corrected chi connectivity index (χ1v) is 7.25. The first kappa shape index (κ1) is 16.5. The van der Waals surface area contributed by atoms with Crippen molar-refractivity contribution in [2.75, 3.05) is 0 Å². The molecule has 7 heteroatoms. The van der Waals surface area contributed by atoms with Crippen molar-refractivity contribution in [2.24, 2.45) is 5.92 Å². The van der Waals surface area contributed by atoms with Crippen molar-refractivity contribution in [3.8, 4) is 0 Å². The molecule has 0 saturated carbocycles. The van der Waals surface area contributed by atoms with Gasteiger partial charge in [-0.3, -0.25) is 4.79 Å². The third-order valence-corrected chi connectivity index (χ3v) is 4.45. The lowest BCUT2D eigenvalue weighted by atomic mass is 10.0. The quantitative estimate of drug-likeness (QED) is 0.584. The van der Waals surface area contributed by atoms with Gasteiger partial charge in [0.25, 0.3) is 5.91 Å². The molecule has 0 heterocycles. The van der Waals surface area contributed by atoms with Crippen molar-refractivity contribution in [1.29, 1.82) is 0 Å². The van der Waals surface area contributed by atoms with Gasteiger partial charge in [-0.15, -0.1) is 0 Å². The third kappa shape index (κ3) is 4.22. The van der Waals surface area contributed by atoms with E-state index >= 15 is 0 Å². The van der Waals surface area contributed by atoms with E-state index in [1.165, 1.54) is 12.1 Å². The number of hydrogen-bond acceptors (Lipinski definition) is 2. The van der Waals surface area contributed by atoms with Crippen LogP contribution < -0.4 is 5.32 Å². The summed E-state index contributed by atoms with van der Waals surface area (Å²) in [5.74, 6) is -1.81. The van der Waals surface area contributed by atoms with Gasteiger partial charge in [0.1, 0.15) is 6.04 Å². The Morgan fingerprint density at radius 2 is 1.89 bits per heavy atom. The van der Waals surface area contributed by atoms with Crippen molar-refractivity contribution in [3.05, 3.63) is 31.3 Å². The van der Waals surface area contributed by atoms with E-state index in [-0.39, 0.29) is 11.5 Å². The molecule has 1 rings (SSSR count). The maximum atomic E-state index is 12.1. The summed E-state index contributed by atoms with van der Waals surface area (Å²) in [6, 6.07) is 2.03. The van der Waals surface area contributed by atoms with Gasteiger partial charge in [0.15, 0.2) is 0 Å². The molecule has 0 spiro atoms. The summed E-state index contributed by atoms with van der Waals surface area (Å²) in [6.45, 7) is 3.43. The lowest BCUT2D eigenvalue weighted by Crippen LogP contribution is -2.44. The molecule has 0 aromatic heterocycles. The van der Waals surface area contributed by atoms with Crippen LogP contribution in [0, 0.1) is 9.49 Å². The first-order valence-electron chi connectivity index (χ1n) is 5.42. The summed E-state index contributed by atoms with van der Waals surface area (Å²) < 4.78 is 0.536. The molecular formula is C12H12Cl2INO3. The second-order valence-corrected chi connectivity index (χ2v) is 6.20. The molecule has 0 bridgehead atoms. The van der Waals surface area contributed by atoms with E-state index in [2.05, 4.69) is 5.32 Å². The summed E-state index contributed by atoms with van der Waals surface area (Å²) in [5, 5.41) is 12.2. The largest absolute Gasteiger partial charge is 0.480 e. The number of carboxylic acids is 1. The number of hydrogen-bond donors (Lipinski definition) is 2. The van der Waals surface area contributed by atoms with Gasteiger partial charge in [-0.05, 0) is 40.6 Å². The van der Waals surface area contributed by atoms with Crippen LogP contribution in [0.3, 0.4) is 0 Å². The van der Waals surface area contributed by atoms with Crippen LogP contribution in [0.1, 0.15) is 24.2 Å². The van der Waals surface area contributed by atoms with Gasteiger partial charge in [0.2, 0.25) is 0 Å². The minimum absolute atomic E-state index is 0.228. The molecule has 0 fully saturated rings. The summed E-state index contributed by atoms with van der Waals surface area (Å²) in [4.78, 5) is 23.2. The van der Waals surface area contributed by atoms with Crippen LogP contribution in [0.25, 0.3) is 0 Å². The van der Waals surface area contributed by atoms with E-state index in [0.29, 0.717) is 13.6 Å². The Labute approximate surface area is 134 Å². The minimum atomic E-state index is -1.08. The molecule has 0 aliphatic rings. The molecule has 1 amide bonds. The van der Waals surface area contributed by atoms with Crippen molar-refractivity contribution < 1.29 is 14.7 Å². The Hall–Kier alpha value is -0.530. The van der Waals surface area contributed by atoms with E-state index in [9.17, 15) is 9.59 Å². The fourth-order valence-electron chi connectivity index (χ4n) is 1.45. The Balaban J connectivity index is 3.04. The van der Waals surface area contributed by atoms with Crippen molar-refractivity contribution in [3.63, 3.8) is 0 Å². The molecule has 1 atom stereocenters. The van der Waals surface area contributed by atoms with E-state index in [0.717, 1.165) is 0 Å². The molecule has 1 aromatic rings. The predicted molar refractivity (Wildman–Crippen MR) is 82.9 cm³/mol. The number of benzene rings is 1. The molecule has 2 N–H and O–H groups in total. The highest BCUT2D eigenvalue weighted by atomic mass is 127. The van der Waals surface area contributed by atoms with Crippen LogP contribution in [0.5, 0.6) is 0 Å². The number of carboxylic acid groups (broad SMARTS) is 1. The van der Waals surface area contributed by atoms with Crippen LogP contribution in [-0.2, 0) is 4.79 Å². The smallest absolute Gasteiger partial charge is 0.326 e. The topological polar surface area (TPSA) is 66.4 Å². The fraction of sp³-hybridized carbons (Fsp3) is 0.333. The molecule has 104 valence electrons. The fourth-order valence-corrected chi connectivity index (χ4v) is 2.50. The highest BCUT2D eigenvalue weighted by Gasteiger charge is 2.25. The van der Waals surface area contributed by atoms with Gasteiger partial charge in [0.05, 0.1) is 10.6 Å². The third-order valence-electron chi connectivity index (χ3n) is 2.46. The average Bonchev–Trinajstić information content (AvgIpc) is 2.29. The normalized spacial score (nSPS) is 12.3. The Morgan fingerprint density at radius 1 is 1.32 bits per heavy atom. The maximum absolute atomic E-state index is 12.1. The van der Waals surface area contributed by atoms with Gasteiger partial charge in [0, 0.05) is 8.59 Å². The van der Waals surface area contributed by atoms with Crippen LogP contribution in [0.15, 0.2) is 12.1 Å². The van der Waals surface area contributed by atoms with Gasteiger partial charge in [-0.25, -0.2) is 4.79 Å². The SMILES string of the molecule is CC(C)C(NC(=O)c1cc(Cl)cc(Cl)c1I)C(=O)O. The second kappa shape index (κ2) is 6.76. The molecule has 1 unspecified atom stereocenters. The number of nitrogens with one attached hydrogen (secondary N) is 1. The van der Waals surface area contributed by atoms with E-state index < -0.39 is 17.9 Å². The van der Waals surface area contributed by atoms with Crippen molar-refractivity contribution in [2.45, 2.75) is 19.9 Å². The summed E-state index contributed by atoms with van der Waals surface area (Å²) >= 11 is 13.7. The monoisotopic (exact) mass is 415 g/mol. The van der Waals surface area contributed by atoms with E-state index in [4.69, 9.17) is 28.3 Å². The van der Waals surface area contributed by atoms with Gasteiger partial charge < -0.3 is 10.4 Å². The van der Waals surface area contributed by atoms with Crippen molar-refractivity contribution >= 4 is 57.7 Å². The molecule has 0 aliphatic heterocycles. The number of rotatable bonds is 4. The highest BCUT2D eigenvalue weighted by Crippen LogP contribution is 2.27. The zero-order valence-electron chi connectivity index (χ0n) is 10.2. The number of carbonyl (C=O) groups excluding carboxylic acids is 1. The Bertz CT molecular complexity index is 520. The first-order chi connectivity index (χ1) is 8.73. The highest BCUT2D eigenvalue weighted by molar-refractivity contribution is 14.1. The zero-order chi connectivity index (χ0) is 14.7. The number of amides is 1. The standard InChI is InChI=1S/C12H12Cl2INO3/c1-5(2)10(12(18)19)16-11(17)7-3-6(13)4-8(14)9(7)15/h3-5,10H,1-2H3,(H,16,17)(H,18,19). The summed E-state index contributed by atoms with van der Waals surface area (Å²) in [7, 11) is 0. The molecule has 0 saturated heterocycles. The lowest BCUT2D eigenvalue weighted by molar-refractivity contribution is -0.140. The Morgan fingerprint density at radius 3 is 2.37 bits per heavy atom. The molecule has 4 nitrogen and oxygen atoms in total. The molecular weight excluding hydrogens is 404 g/mol. The van der Waals surface area contributed by atoms with Gasteiger partial charge in [-0.1, -0.05) is 37.0 Å². The van der Waals surface area contributed by atoms with Crippen LogP contribution >= 0.6 is 45.8 Å². The average molecular weight is 416 g/mol. The van der Waals surface area contributed by atoms with Crippen LogP contribution in [0.2, 0.25) is 10.0 Å². The van der Waals surface area contributed by atoms with E-state index in [1.807, 2.05) is 22.6 Å². The predicted octanol–water partition coefficient (Wildman–Crippen LogP) is 3.44. The molecule has 0 radical (unpaired) electrons. The number of halogens is 3. The molecule has 0 aliphatic carbocycles. The van der Waals surface area contributed by atoms with Crippen LogP contribution in [0.4, 0.5) is 0 Å².